The van der Waals surface area contributed by atoms with Crippen molar-refractivity contribution in [3.8, 4) is 17.2 Å². The maximum Gasteiger partial charge on any atom is 0.231 e. The maximum absolute atomic E-state index is 5.96. The van der Waals surface area contributed by atoms with Gasteiger partial charge in [0.2, 0.25) is 12.5 Å². The van der Waals surface area contributed by atoms with Crippen LogP contribution in [0.4, 0.5) is 5.69 Å². The molecule has 0 bridgehead atoms. The van der Waals surface area contributed by atoms with Gasteiger partial charge >= 0.3 is 0 Å². The van der Waals surface area contributed by atoms with Crippen molar-refractivity contribution in [2.24, 2.45) is 0 Å². The van der Waals surface area contributed by atoms with E-state index >= 15 is 0 Å². The van der Waals surface area contributed by atoms with Crippen molar-refractivity contribution in [3.63, 3.8) is 0 Å². The molecule has 2 aromatic carbocycles. The smallest absolute Gasteiger partial charge is 0.231 e. The third-order valence-corrected chi connectivity index (χ3v) is 4.26. The van der Waals surface area contributed by atoms with Crippen LogP contribution in [0.1, 0.15) is 5.56 Å². The van der Waals surface area contributed by atoms with Crippen LogP contribution in [0.3, 0.4) is 0 Å². The highest BCUT2D eigenvalue weighted by atomic mass is 127. The fourth-order valence-corrected chi connectivity index (χ4v) is 3.18. The molecule has 6 heteroatoms. The maximum atomic E-state index is 5.96. The van der Waals surface area contributed by atoms with Gasteiger partial charge in [0.25, 0.3) is 0 Å². The molecule has 3 rings (SSSR count). The molecule has 0 radical (unpaired) electrons. The zero-order valence-corrected chi connectivity index (χ0v) is 14.2. The molecule has 0 fully saturated rings. The van der Waals surface area contributed by atoms with Crippen molar-refractivity contribution < 1.29 is 14.2 Å². The van der Waals surface area contributed by atoms with Gasteiger partial charge in [-0.3, -0.25) is 0 Å². The largest absolute Gasteiger partial charge is 0.493 e. The van der Waals surface area contributed by atoms with Crippen LogP contribution in [-0.4, -0.2) is 13.9 Å². The summed E-state index contributed by atoms with van der Waals surface area (Å²) >= 11 is 8.21. The number of fused-ring (bicyclic) bond motifs is 1. The lowest BCUT2D eigenvalue weighted by Gasteiger charge is -2.11. The summed E-state index contributed by atoms with van der Waals surface area (Å²) in [6.45, 7) is 0.891. The van der Waals surface area contributed by atoms with Gasteiger partial charge in [0.1, 0.15) is 0 Å². The summed E-state index contributed by atoms with van der Waals surface area (Å²) in [4.78, 5) is 0. The lowest BCUT2D eigenvalue weighted by Crippen LogP contribution is -2.01. The van der Waals surface area contributed by atoms with Gasteiger partial charge in [-0.1, -0.05) is 11.6 Å². The first-order valence-corrected chi connectivity index (χ1v) is 7.78. The molecule has 0 aromatic heterocycles. The van der Waals surface area contributed by atoms with Crippen molar-refractivity contribution in [2.75, 3.05) is 19.2 Å². The monoisotopic (exact) mass is 417 g/mol. The summed E-state index contributed by atoms with van der Waals surface area (Å²) in [6.07, 6.45) is 0. The van der Waals surface area contributed by atoms with Crippen LogP contribution in [0.2, 0.25) is 5.02 Å². The quantitative estimate of drug-likeness (QED) is 0.753. The van der Waals surface area contributed by atoms with Gasteiger partial charge < -0.3 is 19.5 Å². The molecule has 0 unspecified atom stereocenters. The topological polar surface area (TPSA) is 39.7 Å². The molecule has 1 aliphatic heterocycles. The van der Waals surface area contributed by atoms with Crippen LogP contribution >= 0.6 is 34.2 Å². The zero-order chi connectivity index (χ0) is 14.8. The molecule has 0 amide bonds. The third-order valence-electron chi connectivity index (χ3n) is 3.13. The first-order chi connectivity index (χ1) is 10.2. The summed E-state index contributed by atoms with van der Waals surface area (Å²) in [5, 5.41) is 4.11. The predicted molar refractivity (Wildman–Crippen MR) is 90.6 cm³/mol. The summed E-state index contributed by atoms with van der Waals surface area (Å²) in [7, 11) is 1.62. The van der Waals surface area contributed by atoms with E-state index in [1.54, 1.807) is 7.11 Å². The van der Waals surface area contributed by atoms with E-state index < -0.39 is 0 Å². The number of nitrogens with one attached hydrogen (secondary N) is 1. The SMILES string of the molecule is COc1cc(CNc2ccc(Cl)cc2I)cc2c1OCO2. The minimum Gasteiger partial charge on any atom is -0.493 e. The first kappa shape index (κ1) is 14.6. The second-order valence-corrected chi connectivity index (χ2v) is 6.11. The Bertz CT molecular complexity index is 678. The lowest BCUT2D eigenvalue weighted by atomic mass is 10.1. The van der Waals surface area contributed by atoms with Gasteiger partial charge in [-0.25, -0.2) is 0 Å². The van der Waals surface area contributed by atoms with Crippen molar-refractivity contribution in [1.82, 2.24) is 0 Å². The van der Waals surface area contributed by atoms with Gasteiger partial charge in [0, 0.05) is 20.8 Å². The molecule has 0 spiro atoms. The van der Waals surface area contributed by atoms with E-state index in [1.807, 2.05) is 30.3 Å². The van der Waals surface area contributed by atoms with Crippen LogP contribution in [0.5, 0.6) is 17.2 Å². The molecule has 0 aliphatic carbocycles. The van der Waals surface area contributed by atoms with Crippen molar-refractivity contribution in [1.29, 1.82) is 0 Å². The van der Waals surface area contributed by atoms with E-state index in [0.29, 0.717) is 18.0 Å². The molecule has 1 heterocycles. The van der Waals surface area contributed by atoms with Crippen LogP contribution in [0, 0.1) is 3.57 Å². The molecule has 0 saturated carbocycles. The van der Waals surface area contributed by atoms with E-state index in [-0.39, 0.29) is 6.79 Å². The Hall–Kier alpha value is -1.34. The number of rotatable bonds is 4. The van der Waals surface area contributed by atoms with Gasteiger partial charge in [0.15, 0.2) is 11.5 Å². The number of ether oxygens (including phenoxy) is 3. The molecule has 110 valence electrons. The minimum absolute atomic E-state index is 0.234. The Morgan fingerprint density at radius 1 is 1.29 bits per heavy atom. The Morgan fingerprint density at radius 3 is 2.90 bits per heavy atom. The zero-order valence-electron chi connectivity index (χ0n) is 11.3. The third kappa shape index (κ3) is 3.13. The predicted octanol–water partition coefficient (Wildman–Crippen LogP) is 4.29. The average molecular weight is 418 g/mol. The highest BCUT2D eigenvalue weighted by Gasteiger charge is 2.19. The van der Waals surface area contributed by atoms with Crippen molar-refractivity contribution >= 4 is 39.9 Å². The highest BCUT2D eigenvalue weighted by Crippen LogP contribution is 2.41. The highest BCUT2D eigenvalue weighted by molar-refractivity contribution is 14.1. The molecule has 21 heavy (non-hydrogen) atoms. The van der Waals surface area contributed by atoms with E-state index in [9.17, 15) is 0 Å². The summed E-state index contributed by atoms with van der Waals surface area (Å²) in [5.41, 5.74) is 2.10. The molecule has 0 saturated heterocycles. The number of hydrogen-bond acceptors (Lipinski definition) is 4. The summed E-state index contributed by atoms with van der Waals surface area (Å²) < 4.78 is 17.2. The van der Waals surface area contributed by atoms with Gasteiger partial charge in [-0.05, 0) is 58.5 Å². The molecule has 0 atom stereocenters. The second kappa shape index (κ2) is 6.19. The average Bonchev–Trinajstić information content (AvgIpc) is 2.93. The normalized spacial score (nSPS) is 12.3. The molecule has 1 N–H and O–H groups in total. The van der Waals surface area contributed by atoms with Crippen molar-refractivity contribution in [3.05, 3.63) is 44.5 Å². The Labute approximate surface area is 141 Å². The van der Waals surface area contributed by atoms with Gasteiger partial charge in [-0.2, -0.15) is 0 Å². The van der Waals surface area contributed by atoms with Gasteiger partial charge in [-0.15, -0.1) is 0 Å². The standard InChI is InChI=1S/C15H13ClINO3/c1-19-13-4-9(5-14-15(13)21-8-20-14)7-18-12-3-2-10(16)6-11(12)17/h2-6,18H,7-8H2,1H3. The molecular formula is C15H13ClINO3. The second-order valence-electron chi connectivity index (χ2n) is 4.51. The number of hydrogen-bond donors (Lipinski definition) is 1. The number of benzene rings is 2. The van der Waals surface area contributed by atoms with E-state index in [1.165, 1.54) is 0 Å². The number of methoxy groups -OCH3 is 1. The Morgan fingerprint density at radius 2 is 2.14 bits per heavy atom. The number of halogens is 2. The Kier molecular flexibility index (Phi) is 4.30. The minimum atomic E-state index is 0.234. The van der Waals surface area contributed by atoms with E-state index in [0.717, 1.165) is 25.6 Å². The fraction of sp³-hybridized carbons (Fsp3) is 0.200. The van der Waals surface area contributed by atoms with Crippen molar-refractivity contribution in [2.45, 2.75) is 6.54 Å². The lowest BCUT2D eigenvalue weighted by molar-refractivity contribution is 0.171. The Balaban J connectivity index is 1.79. The van der Waals surface area contributed by atoms with E-state index in [2.05, 4.69) is 27.9 Å². The molecular weight excluding hydrogens is 405 g/mol. The molecule has 4 nitrogen and oxygen atoms in total. The van der Waals surface area contributed by atoms with Gasteiger partial charge in [0.05, 0.1) is 7.11 Å². The number of anilines is 1. The van der Waals surface area contributed by atoms with E-state index in [4.69, 9.17) is 25.8 Å². The summed E-state index contributed by atoms with van der Waals surface area (Å²) in [6, 6.07) is 9.66. The van der Waals surface area contributed by atoms with Crippen LogP contribution in [0.25, 0.3) is 0 Å². The summed E-state index contributed by atoms with van der Waals surface area (Å²) in [5.74, 6) is 2.08. The van der Waals surface area contributed by atoms with Crippen LogP contribution < -0.4 is 19.5 Å². The van der Waals surface area contributed by atoms with Crippen LogP contribution in [0.15, 0.2) is 30.3 Å². The first-order valence-electron chi connectivity index (χ1n) is 6.33. The molecule has 1 aliphatic rings. The fourth-order valence-electron chi connectivity index (χ4n) is 2.12. The molecule has 2 aromatic rings. The van der Waals surface area contributed by atoms with Crippen LogP contribution in [-0.2, 0) is 6.54 Å².